The number of imidazole rings is 1. The summed E-state index contributed by atoms with van der Waals surface area (Å²) in [6.07, 6.45) is 0.0934. The van der Waals surface area contributed by atoms with Crippen LogP contribution in [0, 0.1) is 30.2 Å². The molecule has 60 heavy (non-hydrogen) atoms. The summed E-state index contributed by atoms with van der Waals surface area (Å²) in [6, 6.07) is 44.5. The average molecular weight is 975 g/mol. The molecule has 3 heterocycles. The van der Waals surface area contributed by atoms with Gasteiger partial charge in [0.25, 0.3) is 0 Å². The van der Waals surface area contributed by atoms with Gasteiger partial charge in [0, 0.05) is 52.8 Å². The molecule has 1 radical (unpaired) electrons. The van der Waals surface area contributed by atoms with Crippen molar-refractivity contribution in [1.82, 2.24) is 14.5 Å². The Balaban J connectivity index is 0.000000267. The van der Waals surface area contributed by atoms with Crippen molar-refractivity contribution in [3.63, 3.8) is 0 Å². The first-order valence-corrected chi connectivity index (χ1v) is 19.7. The van der Waals surface area contributed by atoms with Gasteiger partial charge in [-0.05, 0) is 87.9 Å². The van der Waals surface area contributed by atoms with Crippen molar-refractivity contribution in [2.75, 3.05) is 0 Å². The van der Waals surface area contributed by atoms with Gasteiger partial charge in [0.2, 0.25) is 0 Å². The van der Waals surface area contributed by atoms with E-state index < -0.39 is 30.4 Å². The van der Waals surface area contributed by atoms with Crippen molar-refractivity contribution in [2.45, 2.75) is 73.5 Å². The summed E-state index contributed by atoms with van der Waals surface area (Å²) in [4.78, 5) is 9.32. The maximum Gasteiger partial charge on any atom is 0.120 e. The third-order valence-corrected chi connectivity index (χ3v) is 10.1. The Morgan fingerprint density at radius 2 is 1.52 bits per heavy atom. The molecule has 9 aromatic rings. The number of halogens is 1. The van der Waals surface area contributed by atoms with Crippen LogP contribution in [0.25, 0.3) is 72.4 Å². The Labute approximate surface area is 376 Å². The van der Waals surface area contributed by atoms with Crippen LogP contribution in [-0.4, -0.2) is 14.5 Å². The summed E-state index contributed by atoms with van der Waals surface area (Å²) in [5.41, 5.74) is 8.47. The molecule has 305 valence electrons. The van der Waals surface area contributed by atoms with Gasteiger partial charge < -0.3 is 14.0 Å². The third kappa shape index (κ3) is 8.64. The Morgan fingerprint density at radius 3 is 2.20 bits per heavy atom. The SMILES string of the molecule is [2H]C([2H])([2H])c1c[c-]c(-c2nc3ccccc3n2-c2c(C([2H])(C)C)cc(-c3ccccc3)cc2C([2H])(C)C)c2oc3ccccc3c12.[2H]C([2H])(c1ccnc(-c2[c-]cc(F)cc2)c1)C(C)(C)C.[Ir]. The predicted octanol–water partition coefficient (Wildman–Crippen LogP) is 14.9. The molecule has 3 aromatic heterocycles. The molecule has 0 aliphatic heterocycles. The Kier molecular flexibility index (Phi) is 9.94. The van der Waals surface area contributed by atoms with Crippen LogP contribution in [0.5, 0.6) is 0 Å². The number of aromatic nitrogens is 3. The maximum absolute atomic E-state index is 12.9. The molecule has 0 unspecified atom stereocenters. The fourth-order valence-electron chi connectivity index (χ4n) is 7.45. The molecule has 0 fully saturated rings. The van der Waals surface area contributed by atoms with Crippen LogP contribution < -0.4 is 0 Å². The van der Waals surface area contributed by atoms with Crippen molar-refractivity contribution in [1.29, 1.82) is 0 Å². The molecule has 0 saturated heterocycles. The number of pyridine rings is 1. The fraction of sp³-hybridized carbons (Fsp3) is 0.222. The van der Waals surface area contributed by atoms with Crippen LogP contribution in [0.15, 0.2) is 138 Å². The van der Waals surface area contributed by atoms with Crippen LogP contribution in [0.3, 0.4) is 0 Å². The Morgan fingerprint density at radius 1 is 0.817 bits per heavy atom. The molecule has 0 saturated carbocycles. The predicted molar refractivity (Wildman–Crippen MR) is 243 cm³/mol. The second kappa shape index (κ2) is 17.5. The maximum atomic E-state index is 12.9. The summed E-state index contributed by atoms with van der Waals surface area (Å²) in [5, 5.41) is 1.21. The molecule has 0 spiro atoms. The molecule has 9 rings (SSSR count). The van der Waals surface area contributed by atoms with E-state index in [-0.39, 0.29) is 31.5 Å². The van der Waals surface area contributed by atoms with Crippen LogP contribution >= 0.6 is 0 Å². The van der Waals surface area contributed by atoms with E-state index in [0.717, 1.165) is 27.8 Å². The van der Waals surface area contributed by atoms with Crippen LogP contribution in [0.4, 0.5) is 4.39 Å². The topological polar surface area (TPSA) is 43.9 Å². The van der Waals surface area contributed by atoms with Crippen LogP contribution in [-0.2, 0) is 26.5 Å². The smallest absolute Gasteiger partial charge is 0.120 e. The molecular formula is C54H50FIrN3O-2. The zero-order valence-corrected chi connectivity index (χ0v) is 37.1. The molecular weight excluding hydrogens is 918 g/mol. The molecule has 0 amide bonds. The zero-order chi connectivity index (χ0) is 47.6. The van der Waals surface area contributed by atoms with Gasteiger partial charge in [0.05, 0.1) is 22.4 Å². The van der Waals surface area contributed by atoms with E-state index in [1.54, 1.807) is 24.4 Å². The van der Waals surface area contributed by atoms with E-state index in [0.29, 0.717) is 61.4 Å². The van der Waals surface area contributed by atoms with E-state index in [2.05, 4.69) is 17.1 Å². The minimum absolute atomic E-state index is 0. The number of hydrogen-bond acceptors (Lipinski definition) is 3. The minimum atomic E-state index is -2.39. The van der Waals surface area contributed by atoms with E-state index in [1.165, 1.54) is 18.2 Å². The van der Waals surface area contributed by atoms with Crippen molar-refractivity contribution in [3.05, 3.63) is 174 Å². The van der Waals surface area contributed by atoms with E-state index in [4.69, 9.17) is 16.3 Å². The van der Waals surface area contributed by atoms with Gasteiger partial charge in [-0.2, -0.15) is 0 Å². The summed E-state index contributed by atoms with van der Waals surface area (Å²) < 4.78 is 81.6. The molecule has 0 aliphatic carbocycles. The summed E-state index contributed by atoms with van der Waals surface area (Å²) in [5.74, 6) is -1.99. The summed E-state index contributed by atoms with van der Waals surface area (Å²) in [6.45, 7) is 10.6. The van der Waals surface area contributed by atoms with E-state index in [1.807, 2.05) is 144 Å². The number of hydrogen-bond donors (Lipinski definition) is 0. The van der Waals surface area contributed by atoms with Gasteiger partial charge in [-0.3, -0.25) is 9.37 Å². The van der Waals surface area contributed by atoms with Crippen LogP contribution in [0.2, 0.25) is 0 Å². The minimum Gasteiger partial charge on any atom is -0.501 e. The van der Waals surface area contributed by atoms with Crippen molar-refractivity contribution >= 4 is 33.0 Å². The van der Waals surface area contributed by atoms with Crippen molar-refractivity contribution < 1.29 is 38.5 Å². The number of benzene rings is 6. The van der Waals surface area contributed by atoms with Gasteiger partial charge in [0.15, 0.2) is 0 Å². The molecule has 0 bridgehead atoms. The van der Waals surface area contributed by atoms with E-state index >= 15 is 0 Å². The Hall–Kier alpha value is -5.68. The molecule has 0 N–H and O–H groups in total. The number of nitrogens with zero attached hydrogens (tertiary/aromatic N) is 3. The first kappa shape index (κ1) is 34.1. The number of fused-ring (bicyclic) bond motifs is 4. The molecule has 4 nitrogen and oxygen atoms in total. The number of para-hydroxylation sites is 3. The summed E-state index contributed by atoms with van der Waals surface area (Å²) in [7, 11) is 0. The van der Waals surface area contributed by atoms with Crippen LogP contribution in [0.1, 0.15) is 92.1 Å². The third-order valence-electron chi connectivity index (χ3n) is 10.1. The molecule has 0 atom stereocenters. The zero-order valence-electron chi connectivity index (χ0n) is 41.7. The fourth-order valence-corrected chi connectivity index (χ4v) is 7.45. The molecule has 6 aromatic carbocycles. The first-order valence-electron chi connectivity index (χ1n) is 23.2. The monoisotopic (exact) mass is 975 g/mol. The van der Waals surface area contributed by atoms with Gasteiger partial charge in [-0.1, -0.05) is 139 Å². The first-order chi connectivity index (χ1) is 30.9. The average Bonchev–Trinajstić information content (AvgIpc) is 3.84. The van der Waals surface area contributed by atoms with Crippen molar-refractivity contribution in [3.8, 4) is 39.5 Å². The van der Waals surface area contributed by atoms with Gasteiger partial charge in [-0.25, -0.2) is 0 Å². The largest absolute Gasteiger partial charge is 0.501 e. The van der Waals surface area contributed by atoms with Gasteiger partial charge >= 0.3 is 0 Å². The summed E-state index contributed by atoms with van der Waals surface area (Å²) >= 11 is 0. The Bertz CT molecular complexity index is 3200. The second-order valence-electron chi connectivity index (χ2n) is 16.2. The number of aryl methyl sites for hydroxylation is 1. The second-order valence-corrected chi connectivity index (χ2v) is 16.2. The quantitative estimate of drug-likeness (QED) is 0.150. The molecule has 0 aliphatic rings. The van der Waals surface area contributed by atoms with Gasteiger partial charge in [0.1, 0.15) is 5.58 Å². The normalized spacial score (nSPS) is 14.2. The molecule has 6 heteroatoms. The van der Waals surface area contributed by atoms with E-state index in [9.17, 15) is 7.13 Å². The van der Waals surface area contributed by atoms with Gasteiger partial charge in [-0.15, -0.1) is 47.5 Å². The number of furan rings is 1. The standard InChI is InChI=1S/C38H33N2O.C16H17FN.Ir/c1-23(2)30-21-27(26-13-7-6-8-14-26)22-31(24(3)4)36(30)40-33-17-11-10-16-32(33)39-38(40)29-20-19-25(5)35-28-15-9-12-18-34(28)41-37(29)35;1-16(2,3)11-12-8-9-18-15(10-12)13-4-6-14(17)7-5-13;/h6-19,21-24H,1-5H3;4,6-10H,11H2,1-3H3;/q2*-1;/i5D3,23D,24D;11D2;. The van der Waals surface area contributed by atoms with Crippen molar-refractivity contribution in [2.24, 2.45) is 5.41 Å². The number of rotatable bonds is 7.